The summed E-state index contributed by atoms with van der Waals surface area (Å²) < 4.78 is 11.1. The first-order chi connectivity index (χ1) is 12.6. The molecular weight excluding hydrogens is 348 g/mol. The summed E-state index contributed by atoms with van der Waals surface area (Å²) in [5.41, 5.74) is 3.86. The molecule has 1 atom stereocenters. The van der Waals surface area contributed by atoms with E-state index in [-0.39, 0.29) is 5.91 Å². The molecule has 1 N–H and O–H groups in total. The molecule has 2 heterocycles. The molecule has 0 radical (unpaired) electrons. The van der Waals surface area contributed by atoms with Gasteiger partial charge in [0.1, 0.15) is 11.5 Å². The third-order valence-electron chi connectivity index (χ3n) is 4.30. The van der Waals surface area contributed by atoms with Gasteiger partial charge in [-0.2, -0.15) is 0 Å². The summed E-state index contributed by atoms with van der Waals surface area (Å²) in [7, 11) is 1.64. The fraction of sp³-hybridized carbons (Fsp3) is 0.200. The van der Waals surface area contributed by atoms with Crippen molar-refractivity contribution in [2.24, 2.45) is 0 Å². The number of fused-ring (bicyclic) bond motifs is 1. The molecule has 1 aliphatic heterocycles. The molecule has 0 fully saturated rings. The number of aromatic nitrogens is 1. The van der Waals surface area contributed by atoms with E-state index in [1.165, 1.54) is 11.3 Å². The van der Waals surface area contributed by atoms with E-state index in [1.54, 1.807) is 7.11 Å². The fourth-order valence-corrected chi connectivity index (χ4v) is 3.70. The number of benzene rings is 2. The van der Waals surface area contributed by atoms with Crippen molar-refractivity contribution in [1.82, 2.24) is 4.98 Å². The molecule has 132 valence electrons. The lowest BCUT2D eigenvalue weighted by Crippen LogP contribution is -2.31. The smallest absolute Gasteiger partial charge is 0.267 e. The van der Waals surface area contributed by atoms with Gasteiger partial charge in [-0.25, -0.2) is 4.98 Å². The van der Waals surface area contributed by atoms with E-state index in [0.717, 1.165) is 33.9 Å². The standard InChI is InChI=1S/C20H18N2O3S/c1-12-7-8-17(24-2)14(9-12)15-11-26-20(21-15)22-19(23)18-10-13-5-3-4-6-16(13)25-18/h3-9,11,18H,10H2,1-2H3,(H,21,22,23). The molecule has 2 aromatic carbocycles. The fourth-order valence-electron chi connectivity index (χ4n) is 2.99. The number of ether oxygens (including phenoxy) is 2. The van der Waals surface area contributed by atoms with Gasteiger partial charge in [0.25, 0.3) is 5.91 Å². The quantitative estimate of drug-likeness (QED) is 0.756. The maximum absolute atomic E-state index is 12.5. The van der Waals surface area contributed by atoms with Gasteiger partial charge in [-0.15, -0.1) is 11.3 Å². The summed E-state index contributed by atoms with van der Waals surface area (Å²) in [6, 6.07) is 13.7. The Balaban J connectivity index is 1.49. The lowest BCUT2D eigenvalue weighted by atomic mass is 10.1. The molecule has 0 saturated heterocycles. The van der Waals surface area contributed by atoms with Crippen LogP contribution in [0.15, 0.2) is 47.8 Å². The molecule has 1 aromatic heterocycles. The summed E-state index contributed by atoms with van der Waals surface area (Å²) in [5.74, 6) is 1.35. The maximum Gasteiger partial charge on any atom is 0.267 e. The first kappa shape index (κ1) is 16.6. The second-order valence-electron chi connectivity index (χ2n) is 6.15. The number of nitrogens with one attached hydrogen (secondary N) is 1. The molecule has 1 aliphatic rings. The van der Waals surface area contributed by atoms with Crippen molar-refractivity contribution in [2.75, 3.05) is 12.4 Å². The van der Waals surface area contributed by atoms with Gasteiger partial charge < -0.3 is 9.47 Å². The zero-order valence-corrected chi connectivity index (χ0v) is 15.3. The predicted molar refractivity (Wildman–Crippen MR) is 102 cm³/mol. The summed E-state index contributed by atoms with van der Waals surface area (Å²) in [6.07, 6.45) is 0.0552. The summed E-state index contributed by atoms with van der Waals surface area (Å²) in [5, 5.41) is 5.33. The average Bonchev–Trinajstić information content (AvgIpc) is 3.28. The Morgan fingerprint density at radius 3 is 2.96 bits per heavy atom. The van der Waals surface area contributed by atoms with E-state index >= 15 is 0 Å². The third-order valence-corrected chi connectivity index (χ3v) is 5.06. The molecule has 0 bridgehead atoms. The molecule has 0 aliphatic carbocycles. The molecule has 3 aromatic rings. The van der Waals surface area contributed by atoms with Crippen LogP contribution in [-0.2, 0) is 11.2 Å². The summed E-state index contributed by atoms with van der Waals surface area (Å²) >= 11 is 1.39. The Morgan fingerprint density at radius 2 is 2.15 bits per heavy atom. The number of hydrogen-bond donors (Lipinski definition) is 1. The van der Waals surface area contributed by atoms with E-state index in [1.807, 2.05) is 54.8 Å². The van der Waals surface area contributed by atoms with Crippen molar-refractivity contribution in [3.63, 3.8) is 0 Å². The van der Waals surface area contributed by atoms with Gasteiger partial charge in [-0.1, -0.05) is 29.8 Å². The SMILES string of the molecule is COc1ccc(C)cc1-c1csc(NC(=O)C2Cc3ccccc3O2)n1. The number of aryl methyl sites for hydroxylation is 1. The first-order valence-electron chi connectivity index (χ1n) is 8.30. The Morgan fingerprint density at radius 1 is 1.31 bits per heavy atom. The van der Waals surface area contributed by atoms with E-state index in [0.29, 0.717) is 11.6 Å². The highest BCUT2D eigenvalue weighted by Crippen LogP contribution is 2.33. The predicted octanol–water partition coefficient (Wildman–Crippen LogP) is 4.07. The van der Waals surface area contributed by atoms with E-state index in [2.05, 4.69) is 10.3 Å². The number of carbonyl (C=O) groups is 1. The van der Waals surface area contributed by atoms with Crippen LogP contribution in [0, 0.1) is 6.92 Å². The number of thiazole rings is 1. The zero-order valence-electron chi connectivity index (χ0n) is 14.5. The number of methoxy groups -OCH3 is 1. The van der Waals surface area contributed by atoms with Gasteiger partial charge >= 0.3 is 0 Å². The monoisotopic (exact) mass is 366 g/mol. The van der Waals surface area contributed by atoms with Gasteiger partial charge in [-0.3, -0.25) is 10.1 Å². The van der Waals surface area contributed by atoms with Crippen molar-refractivity contribution in [3.8, 4) is 22.8 Å². The Kier molecular flexibility index (Phi) is 4.34. The Hall–Kier alpha value is -2.86. The normalized spacial score (nSPS) is 15.2. The zero-order chi connectivity index (χ0) is 18.1. The van der Waals surface area contributed by atoms with Crippen molar-refractivity contribution >= 4 is 22.4 Å². The average molecular weight is 366 g/mol. The minimum absolute atomic E-state index is 0.182. The van der Waals surface area contributed by atoms with Crippen LogP contribution in [0.5, 0.6) is 11.5 Å². The largest absolute Gasteiger partial charge is 0.496 e. The molecule has 26 heavy (non-hydrogen) atoms. The van der Waals surface area contributed by atoms with Gasteiger partial charge in [0.2, 0.25) is 0 Å². The minimum Gasteiger partial charge on any atom is -0.496 e. The second-order valence-corrected chi connectivity index (χ2v) is 7.01. The molecule has 4 rings (SSSR count). The summed E-state index contributed by atoms with van der Waals surface area (Å²) in [6.45, 7) is 2.02. The van der Waals surface area contributed by atoms with Crippen molar-refractivity contribution in [1.29, 1.82) is 0 Å². The van der Waals surface area contributed by atoms with Gasteiger partial charge in [0.15, 0.2) is 11.2 Å². The molecule has 1 amide bonds. The lowest BCUT2D eigenvalue weighted by molar-refractivity contribution is -0.122. The van der Waals surface area contributed by atoms with Gasteiger partial charge in [0, 0.05) is 17.4 Å². The third kappa shape index (κ3) is 3.15. The number of amides is 1. The highest BCUT2D eigenvalue weighted by atomic mass is 32.1. The Labute approximate surface area is 155 Å². The highest BCUT2D eigenvalue weighted by Gasteiger charge is 2.29. The highest BCUT2D eigenvalue weighted by molar-refractivity contribution is 7.14. The van der Waals surface area contributed by atoms with Gasteiger partial charge in [-0.05, 0) is 30.7 Å². The Bertz CT molecular complexity index is 942. The van der Waals surface area contributed by atoms with E-state index < -0.39 is 6.10 Å². The van der Waals surface area contributed by atoms with Crippen LogP contribution in [0.2, 0.25) is 0 Å². The topological polar surface area (TPSA) is 60.5 Å². The molecule has 1 unspecified atom stereocenters. The van der Waals surface area contributed by atoms with Crippen LogP contribution in [0.1, 0.15) is 11.1 Å². The van der Waals surface area contributed by atoms with Crippen molar-refractivity contribution < 1.29 is 14.3 Å². The number of para-hydroxylation sites is 1. The molecule has 0 saturated carbocycles. The number of carbonyl (C=O) groups excluding carboxylic acids is 1. The lowest BCUT2D eigenvalue weighted by Gasteiger charge is -2.09. The van der Waals surface area contributed by atoms with Crippen molar-refractivity contribution in [2.45, 2.75) is 19.4 Å². The van der Waals surface area contributed by atoms with Crippen LogP contribution >= 0.6 is 11.3 Å². The molecular formula is C20H18N2O3S. The van der Waals surface area contributed by atoms with E-state index in [9.17, 15) is 4.79 Å². The second kappa shape index (κ2) is 6.80. The van der Waals surface area contributed by atoms with Crippen LogP contribution in [0.4, 0.5) is 5.13 Å². The molecule has 5 nitrogen and oxygen atoms in total. The van der Waals surface area contributed by atoms with Crippen molar-refractivity contribution in [3.05, 3.63) is 59.0 Å². The maximum atomic E-state index is 12.5. The number of rotatable bonds is 4. The number of hydrogen-bond acceptors (Lipinski definition) is 5. The summed E-state index contributed by atoms with van der Waals surface area (Å²) in [4.78, 5) is 17.1. The first-order valence-corrected chi connectivity index (χ1v) is 9.18. The van der Waals surface area contributed by atoms with Crippen LogP contribution in [0.25, 0.3) is 11.3 Å². The molecule has 6 heteroatoms. The molecule has 0 spiro atoms. The van der Waals surface area contributed by atoms with E-state index in [4.69, 9.17) is 9.47 Å². The van der Waals surface area contributed by atoms with Gasteiger partial charge in [0.05, 0.1) is 12.8 Å². The van der Waals surface area contributed by atoms with Crippen LogP contribution in [-0.4, -0.2) is 24.1 Å². The number of anilines is 1. The minimum atomic E-state index is -0.520. The number of nitrogens with zero attached hydrogens (tertiary/aromatic N) is 1. The van der Waals surface area contributed by atoms with Crippen LogP contribution in [0.3, 0.4) is 0 Å². The van der Waals surface area contributed by atoms with Crippen LogP contribution < -0.4 is 14.8 Å².